The minimum Gasteiger partial charge on any atom is -0.0616 e. The Morgan fingerprint density at radius 3 is 0.417 bits per heavy atom. The normalized spacial score (nSPS) is 11.8. The molecular formula is C72H36. The van der Waals surface area contributed by atoms with Gasteiger partial charge in [0.15, 0.2) is 0 Å². The Balaban J connectivity index is 1.04. The van der Waals surface area contributed by atoms with Crippen molar-refractivity contribution in [3.05, 3.63) is 255 Å². The van der Waals surface area contributed by atoms with Gasteiger partial charge in [-0.15, -0.1) is 0 Å². The van der Waals surface area contributed by atoms with E-state index in [2.05, 4.69) is 255 Å². The summed E-state index contributed by atoms with van der Waals surface area (Å²) in [7, 11) is 0. The zero-order valence-corrected chi connectivity index (χ0v) is 38.8. The Morgan fingerprint density at radius 2 is 0.264 bits per heavy atom. The van der Waals surface area contributed by atoms with Crippen molar-refractivity contribution in [3.8, 4) is 0 Å². The van der Waals surface area contributed by atoms with Crippen LogP contribution in [0.15, 0.2) is 218 Å². The van der Waals surface area contributed by atoms with E-state index in [-0.39, 0.29) is 0 Å². The molecule has 0 saturated carbocycles. The Hall–Kier alpha value is -9.90. The molecule has 16 aromatic rings. The number of benzene rings is 15. The Morgan fingerprint density at radius 1 is 0.139 bits per heavy atom. The molecule has 16 aromatic carbocycles. The van der Waals surface area contributed by atoms with Crippen molar-refractivity contribution in [1.29, 1.82) is 0 Å². The van der Waals surface area contributed by atoms with Crippen LogP contribution < -0.4 is 0 Å². The summed E-state index contributed by atoms with van der Waals surface area (Å²) in [6, 6.07) is 102. The molecule has 324 valence electrons. The van der Waals surface area contributed by atoms with Crippen LogP contribution in [-0.2, 0) is 0 Å². The van der Waals surface area contributed by atoms with Crippen LogP contribution >= 0.6 is 0 Å². The summed E-state index contributed by atoms with van der Waals surface area (Å²) in [6.07, 6.45) is 0. The van der Waals surface area contributed by atoms with E-state index in [1.807, 2.05) is 0 Å². The van der Waals surface area contributed by atoms with Crippen LogP contribution in [0.1, 0.15) is 0 Å². The van der Waals surface area contributed by atoms with Crippen LogP contribution in [0.25, 0.3) is 162 Å². The molecule has 0 aliphatic carbocycles. The van der Waals surface area contributed by atoms with Gasteiger partial charge < -0.3 is 0 Å². The largest absolute Gasteiger partial charge is 0.0616 e. The van der Waals surface area contributed by atoms with Gasteiger partial charge in [0.2, 0.25) is 0 Å². The third-order valence-electron chi connectivity index (χ3n) is 15.5. The maximum atomic E-state index is 3.60. The molecule has 0 unspecified atom stereocenters. The van der Waals surface area contributed by atoms with Crippen LogP contribution in [-0.4, -0.2) is 0 Å². The summed E-state index contributed by atoms with van der Waals surface area (Å²) in [5, 5.41) is 34.8. The lowest BCUT2D eigenvalue weighted by Crippen LogP contribution is -1.84. The molecule has 0 atom stereocenters. The van der Waals surface area contributed by atoms with Gasteiger partial charge in [0.05, 0.1) is 0 Å². The smallest absolute Gasteiger partial charge is 0.0255 e. The molecule has 0 aliphatic heterocycles. The lowest BCUT2D eigenvalue weighted by atomic mass is 9.92. The molecule has 12 bridgehead atoms. The molecule has 0 amide bonds. The van der Waals surface area contributed by atoms with Gasteiger partial charge in [-0.1, -0.05) is 182 Å². The van der Waals surface area contributed by atoms with Gasteiger partial charge in [-0.3, -0.25) is 0 Å². The monoisotopic (exact) mass is 900 g/mol. The van der Waals surface area contributed by atoms with Crippen LogP contribution in [0, 0.1) is 36.4 Å². The lowest BCUT2D eigenvalue weighted by molar-refractivity contribution is 1.80. The van der Waals surface area contributed by atoms with E-state index in [0.717, 1.165) is 32.3 Å². The van der Waals surface area contributed by atoms with Crippen molar-refractivity contribution in [2.75, 3.05) is 0 Å². The highest BCUT2D eigenvalue weighted by Crippen LogP contribution is 2.41. The number of fused-ring (bicyclic) bond motifs is 6. The fourth-order valence-electron chi connectivity index (χ4n) is 12.0. The molecule has 72 heavy (non-hydrogen) atoms. The molecule has 0 spiro atoms. The molecule has 0 heteroatoms. The van der Waals surface area contributed by atoms with Gasteiger partial charge >= 0.3 is 0 Å². The van der Waals surface area contributed by atoms with Gasteiger partial charge in [0, 0.05) is 32.3 Å². The highest BCUT2D eigenvalue weighted by molar-refractivity contribution is 6.31. The average Bonchev–Trinajstić information content (AvgIpc) is 3.43. The summed E-state index contributed by atoms with van der Waals surface area (Å²) in [5.74, 6) is 0. The summed E-state index contributed by atoms with van der Waals surface area (Å²) in [5.41, 5.74) is 0. The molecule has 0 aromatic heterocycles. The molecular weight excluding hydrogens is 865 g/mol. The van der Waals surface area contributed by atoms with Crippen LogP contribution in [0.2, 0.25) is 0 Å². The van der Waals surface area contributed by atoms with E-state index in [0.29, 0.717) is 0 Å². The van der Waals surface area contributed by atoms with Crippen molar-refractivity contribution in [1.82, 2.24) is 0 Å². The predicted molar refractivity (Wildman–Crippen MR) is 308 cm³/mol. The minimum absolute atomic E-state index is 0.980. The standard InChI is InChI=1S/C72H36/c1-2-44-8-14-50-20-26-56-33-34-58-28-22-52-16-10-46(40-64(52)70(58)68(56)62(50)38-44)5-6-48-12-18-54-24-30-60-36-35-59-29-23-53-17-11-47(41-65(53)71(59)72(60)66(54)42-48)4-3-45-9-15-51-21-27-57-32-31-55-25-19-49-13-7-43(1)37-61(49)67(55)69(57)63(51)39-45/h7-42H. The van der Waals surface area contributed by atoms with E-state index >= 15 is 0 Å². The van der Waals surface area contributed by atoms with Crippen molar-refractivity contribution >= 4 is 162 Å². The van der Waals surface area contributed by atoms with Gasteiger partial charge in [-0.05, 0) is 202 Å². The average molecular weight is 901 g/mol. The van der Waals surface area contributed by atoms with Crippen LogP contribution in [0.5, 0.6) is 0 Å². The molecule has 0 nitrogen and oxygen atoms in total. The fraction of sp³-hybridized carbons (Fsp3) is 0. The third-order valence-corrected chi connectivity index (χ3v) is 15.5. The second kappa shape index (κ2) is 14.8. The van der Waals surface area contributed by atoms with Crippen LogP contribution in [0.4, 0.5) is 0 Å². The quantitative estimate of drug-likeness (QED) is 0.133. The molecule has 16 rings (SSSR count). The number of hydrogen-bond acceptors (Lipinski definition) is 0. The topological polar surface area (TPSA) is 0 Å². The molecule has 0 heterocycles. The predicted octanol–water partition coefficient (Wildman–Crippen LogP) is 19.5. The number of hydrogen-bond donors (Lipinski definition) is 0. The summed E-state index contributed by atoms with van der Waals surface area (Å²) in [4.78, 5) is 0. The third kappa shape index (κ3) is 5.93. The maximum absolute atomic E-state index is 3.60. The molecule has 0 N–H and O–H groups in total. The van der Waals surface area contributed by atoms with Crippen LogP contribution in [0.3, 0.4) is 0 Å². The van der Waals surface area contributed by atoms with Gasteiger partial charge in [0.25, 0.3) is 0 Å². The van der Waals surface area contributed by atoms with E-state index in [1.54, 1.807) is 0 Å². The Labute approximate surface area is 414 Å². The summed E-state index contributed by atoms with van der Waals surface area (Å²) >= 11 is 0. The van der Waals surface area contributed by atoms with E-state index in [9.17, 15) is 0 Å². The van der Waals surface area contributed by atoms with Crippen molar-refractivity contribution in [2.24, 2.45) is 0 Å². The fourth-order valence-corrected chi connectivity index (χ4v) is 12.0. The first-order chi connectivity index (χ1) is 35.6. The first-order valence-corrected chi connectivity index (χ1v) is 24.6. The minimum atomic E-state index is 0.980. The maximum Gasteiger partial charge on any atom is 0.0255 e. The van der Waals surface area contributed by atoms with Gasteiger partial charge in [-0.2, -0.15) is 0 Å². The first kappa shape index (κ1) is 39.0. The molecule has 0 fully saturated rings. The molecule has 0 saturated heterocycles. The SMILES string of the molecule is c1c2ccc3ccc4ccc5ccc6ccc(c#cc7ccc8ccc9ccc%10ccc%11ccc(c#cc%12ccc%13ccc%14ccc%15ccc%16ccc(c#1)cc%16c%15c%14c%13c%12)cc%11c%10c9c8c7)cc6c5c4c3c2. The van der Waals surface area contributed by atoms with Gasteiger partial charge in [0.1, 0.15) is 0 Å². The molecule has 0 radical (unpaired) electrons. The van der Waals surface area contributed by atoms with Crippen molar-refractivity contribution in [3.63, 3.8) is 0 Å². The summed E-state index contributed by atoms with van der Waals surface area (Å²) < 4.78 is 0. The highest BCUT2D eigenvalue weighted by atomic mass is 14.2. The Kier molecular flexibility index (Phi) is 8.02. The zero-order valence-electron chi connectivity index (χ0n) is 38.8. The highest BCUT2D eigenvalue weighted by Gasteiger charge is 2.13. The summed E-state index contributed by atoms with van der Waals surface area (Å²) in [6.45, 7) is 0. The van der Waals surface area contributed by atoms with Crippen molar-refractivity contribution in [2.45, 2.75) is 0 Å². The second-order valence-corrected chi connectivity index (χ2v) is 19.5. The van der Waals surface area contributed by atoms with Gasteiger partial charge in [-0.25, -0.2) is 0 Å². The van der Waals surface area contributed by atoms with E-state index < -0.39 is 0 Å². The first-order valence-electron chi connectivity index (χ1n) is 24.6. The van der Waals surface area contributed by atoms with E-state index in [4.69, 9.17) is 0 Å². The number of rotatable bonds is 0. The van der Waals surface area contributed by atoms with E-state index in [1.165, 1.54) is 129 Å². The Bertz CT molecular complexity index is 4330. The molecule has 0 aliphatic rings. The zero-order chi connectivity index (χ0) is 47.0. The lowest BCUT2D eigenvalue weighted by Gasteiger charge is -2.11. The second-order valence-electron chi connectivity index (χ2n) is 19.5. The van der Waals surface area contributed by atoms with Crippen molar-refractivity contribution < 1.29 is 0 Å².